The standard InChI is InChI=1S/C25H28ClN9OS2/c1-24(2-3-24)32-38-16-10-17(33-6-8-34(9-7-33)22(36)15-11-28-12-15)18-19(26)29-20(35(18)13-16)21-30-31-23(37-21)25(14-27)4-5-25/h10,13,15,28,32H,2-9,11-12H2,1H3. The first-order valence-corrected chi connectivity index (χ1v) is 15.0. The molecule has 2 N–H and O–H groups in total. The van der Waals surface area contributed by atoms with Gasteiger partial charge in [0.25, 0.3) is 0 Å². The molecule has 13 heteroatoms. The maximum atomic E-state index is 12.8. The molecule has 5 heterocycles. The van der Waals surface area contributed by atoms with Gasteiger partial charge in [-0.15, -0.1) is 10.2 Å². The Labute approximate surface area is 233 Å². The van der Waals surface area contributed by atoms with Crippen LogP contribution in [0.25, 0.3) is 16.3 Å². The molecule has 0 aromatic carbocycles. The number of hydrogen-bond donors (Lipinski definition) is 2. The van der Waals surface area contributed by atoms with Crippen LogP contribution in [0.3, 0.4) is 0 Å². The molecule has 3 aromatic heterocycles. The highest BCUT2D eigenvalue weighted by Gasteiger charge is 2.48. The number of pyridine rings is 1. The van der Waals surface area contributed by atoms with E-state index in [0.717, 1.165) is 73.0 Å². The van der Waals surface area contributed by atoms with E-state index in [1.54, 1.807) is 11.9 Å². The highest BCUT2D eigenvalue weighted by Crippen LogP contribution is 2.49. The molecule has 1 amide bonds. The highest BCUT2D eigenvalue weighted by molar-refractivity contribution is 7.97. The average molecular weight is 570 g/mol. The van der Waals surface area contributed by atoms with Crippen molar-refractivity contribution in [3.8, 4) is 16.9 Å². The monoisotopic (exact) mass is 569 g/mol. The summed E-state index contributed by atoms with van der Waals surface area (Å²) in [7, 11) is 0. The van der Waals surface area contributed by atoms with Crippen molar-refractivity contribution in [3.63, 3.8) is 0 Å². The summed E-state index contributed by atoms with van der Waals surface area (Å²) in [6.07, 6.45) is 6.03. The van der Waals surface area contributed by atoms with Gasteiger partial charge < -0.3 is 15.1 Å². The first-order valence-electron chi connectivity index (χ1n) is 13.0. The van der Waals surface area contributed by atoms with Gasteiger partial charge >= 0.3 is 0 Å². The number of carbonyl (C=O) groups is 1. The van der Waals surface area contributed by atoms with E-state index in [-0.39, 0.29) is 17.4 Å². The molecular weight excluding hydrogens is 542 g/mol. The van der Waals surface area contributed by atoms with Crippen LogP contribution in [0.15, 0.2) is 17.2 Å². The number of nitrogens with one attached hydrogen (secondary N) is 2. The van der Waals surface area contributed by atoms with Gasteiger partial charge in [0.05, 0.1) is 17.7 Å². The zero-order valence-corrected chi connectivity index (χ0v) is 23.4. The number of nitrogens with zero attached hydrogens (tertiary/aromatic N) is 7. The molecule has 0 bridgehead atoms. The third-order valence-electron chi connectivity index (χ3n) is 8.11. The molecule has 0 spiro atoms. The number of carbonyl (C=O) groups excluding carboxylic acids is 1. The normalized spacial score (nSPS) is 21.8. The molecular formula is C25H28ClN9OS2. The number of imidazole rings is 1. The Bertz CT molecular complexity index is 1460. The third kappa shape index (κ3) is 4.25. The van der Waals surface area contributed by atoms with Crippen molar-refractivity contribution >= 4 is 52.0 Å². The molecule has 198 valence electrons. The zero-order chi connectivity index (χ0) is 26.1. The molecule has 0 unspecified atom stereocenters. The number of hydrogen-bond acceptors (Lipinski definition) is 10. The van der Waals surface area contributed by atoms with Gasteiger partial charge in [-0.25, -0.2) is 4.98 Å². The van der Waals surface area contributed by atoms with Gasteiger partial charge in [-0.05, 0) is 50.6 Å². The lowest BCUT2D eigenvalue weighted by atomic mass is 10.0. The second-order valence-corrected chi connectivity index (χ2v) is 13.3. The van der Waals surface area contributed by atoms with E-state index in [9.17, 15) is 10.1 Å². The SMILES string of the molecule is CC1(NSc2cc(N3CCN(C(=O)C4CNC4)CC3)c3c(Cl)nc(-c4nnc(C5(C#N)CC5)s4)n3c2)CC1. The van der Waals surface area contributed by atoms with Crippen molar-refractivity contribution < 1.29 is 4.79 Å². The molecule has 2 saturated carbocycles. The Kier molecular flexibility index (Phi) is 5.87. The molecule has 2 aliphatic heterocycles. The van der Waals surface area contributed by atoms with Gasteiger partial charge in [-0.1, -0.05) is 22.9 Å². The van der Waals surface area contributed by atoms with Crippen LogP contribution in [0.2, 0.25) is 5.15 Å². The van der Waals surface area contributed by atoms with E-state index >= 15 is 0 Å². The van der Waals surface area contributed by atoms with Crippen molar-refractivity contribution in [2.75, 3.05) is 44.2 Å². The molecule has 10 nitrogen and oxygen atoms in total. The number of aromatic nitrogens is 4. The molecule has 7 rings (SSSR count). The lowest BCUT2D eigenvalue weighted by Crippen LogP contribution is -2.56. The van der Waals surface area contributed by atoms with E-state index in [4.69, 9.17) is 16.6 Å². The summed E-state index contributed by atoms with van der Waals surface area (Å²) in [5, 5.41) is 23.4. The Morgan fingerprint density at radius 2 is 2.00 bits per heavy atom. The molecule has 3 aromatic rings. The number of piperazine rings is 1. The lowest BCUT2D eigenvalue weighted by Gasteiger charge is -2.39. The van der Waals surface area contributed by atoms with Crippen molar-refractivity contribution in [1.29, 1.82) is 5.26 Å². The highest BCUT2D eigenvalue weighted by atomic mass is 35.5. The van der Waals surface area contributed by atoms with Crippen LogP contribution in [0, 0.1) is 17.2 Å². The first-order chi connectivity index (χ1) is 18.4. The zero-order valence-electron chi connectivity index (χ0n) is 21.0. The predicted molar refractivity (Wildman–Crippen MR) is 147 cm³/mol. The Balaban J connectivity index is 1.23. The summed E-state index contributed by atoms with van der Waals surface area (Å²) < 4.78 is 5.63. The molecule has 0 radical (unpaired) electrons. The summed E-state index contributed by atoms with van der Waals surface area (Å²) in [6.45, 7) is 6.62. The number of halogens is 1. The second-order valence-electron chi connectivity index (χ2n) is 11.0. The van der Waals surface area contributed by atoms with E-state index in [1.807, 2.05) is 9.30 Å². The summed E-state index contributed by atoms with van der Waals surface area (Å²) in [5.74, 6) is 1.000. The Morgan fingerprint density at radius 1 is 1.24 bits per heavy atom. The third-order valence-corrected chi connectivity index (χ3v) is 10.6. The number of amides is 1. The fourth-order valence-corrected chi connectivity index (χ4v) is 7.13. The van der Waals surface area contributed by atoms with E-state index in [1.165, 1.54) is 11.3 Å². The number of fused-ring (bicyclic) bond motifs is 1. The predicted octanol–water partition coefficient (Wildman–Crippen LogP) is 3.08. The first kappa shape index (κ1) is 24.6. The molecule has 4 fully saturated rings. The second kappa shape index (κ2) is 9.06. The van der Waals surface area contributed by atoms with Gasteiger partial charge in [-0.2, -0.15) is 5.26 Å². The number of nitriles is 1. The quantitative estimate of drug-likeness (QED) is 0.414. The summed E-state index contributed by atoms with van der Waals surface area (Å²) >= 11 is 9.85. The largest absolute Gasteiger partial charge is 0.366 e. The van der Waals surface area contributed by atoms with E-state index in [2.05, 4.69) is 50.4 Å². The molecule has 0 atom stereocenters. The average Bonchev–Trinajstić information content (AvgIpc) is 3.77. The van der Waals surface area contributed by atoms with Gasteiger partial charge in [0.2, 0.25) is 5.91 Å². The van der Waals surface area contributed by atoms with Crippen molar-refractivity contribution in [2.24, 2.45) is 5.92 Å². The number of rotatable bonds is 7. The van der Waals surface area contributed by atoms with Crippen LogP contribution in [0.1, 0.15) is 37.6 Å². The minimum atomic E-state index is -0.491. The van der Waals surface area contributed by atoms with Crippen LogP contribution in [0.4, 0.5) is 5.69 Å². The minimum Gasteiger partial charge on any atom is -0.366 e. The molecule has 2 aliphatic carbocycles. The van der Waals surface area contributed by atoms with Crippen LogP contribution < -0.4 is 14.9 Å². The van der Waals surface area contributed by atoms with Crippen LogP contribution in [-0.2, 0) is 10.2 Å². The minimum absolute atomic E-state index is 0.113. The fourth-order valence-electron chi connectivity index (χ4n) is 4.94. The van der Waals surface area contributed by atoms with Crippen molar-refractivity contribution in [1.82, 2.24) is 34.5 Å². The van der Waals surface area contributed by atoms with E-state index in [0.29, 0.717) is 29.1 Å². The van der Waals surface area contributed by atoms with Crippen LogP contribution in [-0.4, -0.2) is 75.2 Å². The molecule has 2 saturated heterocycles. The fraction of sp³-hybridized carbons (Fsp3) is 0.560. The van der Waals surface area contributed by atoms with Crippen LogP contribution in [0.5, 0.6) is 0 Å². The maximum Gasteiger partial charge on any atom is 0.228 e. The Morgan fingerprint density at radius 3 is 2.63 bits per heavy atom. The summed E-state index contributed by atoms with van der Waals surface area (Å²) in [6, 6.07) is 4.57. The van der Waals surface area contributed by atoms with Gasteiger partial charge in [0.1, 0.15) is 15.9 Å². The smallest absolute Gasteiger partial charge is 0.228 e. The molecule has 4 aliphatic rings. The summed E-state index contributed by atoms with van der Waals surface area (Å²) in [5.41, 5.74) is 1.50. The number of anilines is 1. The maximum absolute atomic E-state index is 12.8. The molecule has 38 heavy (non-hydrogen) atoms. The van der Waals surface area contributed by atoms with Gasteiger partial charge in [0, 0.05) is 55.9 Å². The van der Waals surface area contributed by atoms with Gasteiger partial charge in [0.15, 0.2) is 16.0 Å². The Hall–Kier alpha value is -2.43. The lowest BCUT2D eigenvalue weighted by molar-refractivity contribution is -0.137. The van der Waals surface area contributed by atoms with Crippen LogP contribution >= 0.6 is 34.9 Å². The van der Waals surface area contributed by atoms with Crippen molar-refractivity contribution in [3.05, 3.63) is 22.4 Å². The van der Waals surface area contributed by atoms with E-state index < -0.39 is 5.41 Å². The topological polar surface area (TPSA) is 114 Å². The van der Waals surface area contributed by atoms with Gasteiger partial charge in [-0.3, -0.25) is 13.9 Å². The summed E-state index contributed by atoms with van der Waals surface area (Å²) in [4.78, 5) is 22.9. The van der Waals surface area contributed by atoms with Crippen molar-refractivity contribution in [2.45, 2.75) is 48.5 Å².